The molecule has 0 unspecified atom stereocenters. The Hall–Kier alpha value is -1.51. The zero-order chi connectivity index (χ0) is 12.8. The first-order valence-corrected chi connectivity index (χ1v) is 6.25. The highest BCUT2D eigenvalue weighted by atomic mass is 16.2. The van der Waals surface area contributed by atoms with E-state index in [1.54, 1.807) is 12.1 Å². The standard InChI is InChI=1S/C14H22N2O/c1-4-6-9-16(5-2)14(17)12-7-8-13(15)11(3)10-12/h7-8,10H,4-6,9,15H2,1-3H3. The van der Waals surface area contributed by atoms with E-state index in [2.05, 4.69) is 6.92 Å². The summed E-state index contributed by atoms with van der Waals surface area (Å²) in [6.07, 6.45) is 2.15. The Morgan fingerprint density at radius 2 is 2.06 bits per heavy atom. The molecule has 0 saturated heterocycles. The lowest BCUT2D eigenvalue weighted by atomic mass is 10.1. The van der Waals surface area contributed by atoms with Crippen LogP contribution in [-0.4, -0.2) is 23.9 Å². The van der Waals surface area contributed by atoms with Gasteiger partial charge in [-0.2, -0.15) is 0 Å². The maximum absolute atomic E-state index is 12.2. The Morgan fingerprint density at radius 3 is 2.59 bits per heavy atom. The molecular weight excluding hydrogens is 212 g/mol. The molecule has 1 rings (SSSR count). The van der Waals surface area contributed by atoms with Gasteiger partial charge in [-0.1, -0.05) is 13.3 Å². The van der Waals surface area contributed by atoms with Gasteiger partial charge in [-0.15, -0.1) is 0 Å². The van der Waals surface area contributed by atoms with Gasteiger partial charge in [0.15, 0.2) is 0 Å². The fraction of sp³-hybridized carbons (Fsp3) is 0.500. The van der Waals surface area contributed by atoms with Crippen molar-refractivity contribution in [3.05, 3.63) is 29.3 Å². The predicted octanol–water partition coefficient (Wildman–Crippen LogP) is 2.84. The third kappa shape index (κ3) is 3.48. The third-order valence-corrected chi connectivity index (χ3v) is 2.97. The van der Waals surface area contributed by atoms with Crippen LogP contribution in [-0.2, 0) is 0 Å². The van der Waals surface area contributed by atoms with Crippen molar-refractivity contribution in [1.29, 1.82) is 0 Å². The molecule has 1 aromatic rings. The summed E-state index contributed by atoms with van der Waals surface area (Å²) in [5.74, 6) is 0.101. The number of anilines is 1. The molecule has 0 aromatic heterocycles. The number of benzene rings is 1. The molecule has 17 heavy (non-hydrogen) atoms. The van der Waals surface area contributed by atoms with Gasteiger partial charge >= 0.3 is 0 Å². The highest BCUT2D eigenvalue weighted by molar-refractivity contribution is 5.94. The summed E-state index contributed by atoms with van der Waals surface area (Å²) in [5, 5.41) is 0. The van der Waals surface area contributed by atoms with Crippen LogP contribution in [0.2, 0.25) is 0 Å². The normalized spacial score (nSPS) is 10.3. The highest BCUT2D eigenvalue weighted by Crippen LogP contribution is 2.14. The number of hydrogen-bond acceptors (Lipinski definition) is 2. The van der Waals surface area contributed by atoms with Crippen LogP contribution >= 0.6 is 0 Å². The number of nitrogen functional groups attached to an aromatic ring is 1. The molecule has 1 amide bonds. The van der Waals surface area contributed by atoms with Crippen LogP contribution in [0.4, 0.5) is 5.69 Å². The van der Waals surface area contributed by atoms with Crippen molar-refractivity contribution in [1.82, 2.24) is 4.90 Å². The van der Waals surface area contributed by atoms with E-state index in [-0.39, 0.29) is 5.91 Å². The molecule has 0 aliphatic carbocycles. The number of hydrogen-bond donors (Lipinski definition) is 1. The molecule has 0 aliphatic rings. The van der Waals surface area contributed by atoms with Crippen molar-refractivity contribution < 1.29 is 4.79 Å². The van der Waals surface area contributed by atoms with Gasteiger partial charge in [0.25, 0.3) is 5.91 Å². The molecule has 0 spiro atoms. The van der Waals surface area contributed by atoms with Gasteiger partial charge in [0.2, 0.25) is 0 Å². The summed E-state index contributed by atoms with van der Waals surface area (Å²) in [6.45, 7) is 7.65. The fourth-order valence-corrected chi connectivity index (χ4v) is 1.74. The summed E-state index contributed by atoms with van der Waals surface area (Å²) < 4.78 is 0. The Kier molecular flexibility index (Phi) is 5.01. The summed E-state index contributed by atoms with van der Waals surface area (Å²) in [7, 11) is 0. The molecule has 94 valence electrons. The summed E-state index contributed by atoms with van der Waals surface area (Å²) in [6, 6.07) is 5.47. The van der Waals surface area contributed by atoms with Crippen molar-refractivity contribution in [3.63, 3.8) is 0 Å². The van der Waals surface area contributed by atoms with E-state index in [0.717, 1.165) is 42.7 Å². The molecule has 0 fully saturated rings. The van der Waals surface area contributed by atoms with Gasteiger partial charge in [0.1, 0.15) is 0 Å². The molecule has 0 bridgehead atoms. The zero-order valence-electron chi connectivity index (χ0n) is 11.0. The average Bonchev–Trinajstić information content (AvgIpc) is 2.33. The largest absolute Gasteiger partial charge is 0.399 e. The first kappa shape index (κ1) is 13.6. The molecule has 2 N–H and O–H groups in total. The van der Waals surface area contributed by atoms with Crippen molar-refractivity contribution in [3.8, 4) is 0 Å². The number of unbranched alkanes of at least 4 members (excludes halogenated alkanes) is 1. The van der Waals surface area contributed by atoms with Crippen LogP contribution in [0.3, 0.4) is 0 Å². The SMILES string of the molecule is CCCCN(CC)C(=O)c1ccc(N)c(C)c1. The smallest absolute Gasteiger partial charge is 0.253 e. The van der Waals surface area contributed by atoms with Gasteiger partial charge in [-0.3, -0.25) is 4.79 Å². The number of amides is 1. The van der Waals surface area contributed by atoms with Crippen LogP contribution in [0.25, 0.3) is 0 Å². The molecule has 0 radical (unpaired) electrons. The summed E-state index contributed by atoms with van der Waals surface area (Å²) in [4.78, 5) is 14.1. The van der Waals surface area contributed by atoms with Crippen LogP contribution < -0.4 is 5.73 Å². The van der Waals surface area contributed by atoms with Gasteiger partial charge < -0.3 is 10.6 Å². The van der Waals surface area contributed by atoms with Gasteiger partial charge in [-0.25, -0.2) is 0 Å². The van der Waals surface area contributed by atoms with Crippen LogP contribution in [0.15, 0.2) is 18.2 Å². The molecule has 1 aromatic carbocycles. The number of carbonyl (C=O) groups is 1. The van der Waals surface area contributed by atoms with Gasteiger partial charge in [-0.05, 0) is 44.0 Å². The second kappa shape index (κ2) is 6.28. The van der Waals surface area contributed by atoms with Crippen LogP contribution in [0, 0.1) is 6.92 Å². The average molecular weight is 234 g/mol. The van der Waals surface area contributed by atoms with E-state index in [1.165, 1.54) is 0 Å². The van der Waals surface area contributed by atoms with E-state index in [9.17, 15) is 4.79 Å². The first-order valence-electron chi connectivity index (χ1n) is 6.25. The molecule has 3 nitrogen and oxygen atoms in total. The van der Waals surface area contributed by atoms with Crippen LogP contribution in [0.1, 0.15) is 42.6 Å². The second-order valence-corrected chi connectivity index (χ2v) is 4.31. The van der Waals surface area contributed by atoms with Gasteiger partial charge in [0.05, 0.1) is 0 Å². The maximum atomic E-state index is 12.2. The molecule has 0 heterocycles. The Bertz CT molecular complexity index is 388. The Morgan fingerprint density at radius 1 is 1.35 bits per heavy atom. The number of rotatable bonds is 5. The number of aryl methyl sites for hydroxylation is 1. The molecule has 3 heteroatoms. The third-order valence-electron chi connectivity index (χ3n) is 2.97. The quantitative estimate of drug-likeness (QED) is 0.796. The van der Waals surface area contributed by atoms with E-state index >= 15 is 0 Å². The fourth-order valence-electron chi connectivity index (χ4n) is 1.74. The lowest BCUT2D eigenvalue weighted by Gasteiger charge is -2.21. The van der Waals surface area contributed by atoms with E-state index in [4.69, 9.17) is 5.73 Å². The maximum Gasteiger partial charge on any atom is 0.253 e. The molecular formula is C14H22N2O. The molecule has 0 aliphatic heterocycles. The minimum Gasteiger partial charge on any atom is -0.399 e. The minimum atomic E-state index is 0.101. The monoisotopic (exact) mass is 234 g/mol. The highest BCUT2D eigenvalue weighted by Gasteiger charge is 2.13. The van der Waals surface area contributed by atoms with E-state index < -0.39 is 0 Å². The summed E-state index contributed by atoms with van der Waals surface area (Å²) in [5.41, 5.74) is 8.18. The van der Waals surface area contributed by atoms with E-state index in [1.807, 2.05) is 24.8 Å². The van der Waals surface area contributed by atoms with Crippen molar-refractivity contribution in [2.24, 2.45) is 0 Å². The van der Waals surface area contributed by atoms with Crippen molar-refractivity contribution in [2.75, 3.05) is 18.8 Å². The lowest BCUT2D eigenvalue weighted by molar-refractivity contribution is 0.0762. The topological polar surface area (TPSA) is 46.3 Å². The van der Waals surface area contributed by atoms with Crippen molar-refractivity contribution in [2.45, 2.75) is 33.6 Å². The zero-order valence-corrected chi connectivity index (χ0v) is 11.0. The minimum absolute atomic E-state index is 0.101. The second-order valence-electron chi connectivity index (χ2n) is 4.31. The number of nitrogens with two attached hydrogens (primary N) is 1. The number of carbonyl (C=O) groups excluding carboxylic acids is 1. The summed E-state index contributed by atoms with van der Waals surface area (Å²) >= 11 is 0. The lowest BCUT2D eigenvalue weighted by Crippen LogP contribution is -2.31. The molecule has 0 atom stereocenters. The Balaban J connectivity index is 2.82. The molecule has 0 saturated carbocycles. The Labute approximate surface area is 104 Å². The first-order chi connectivity index (χ1) is 8.10. The predicted molar refractivity (Wildman–Crippen MR) is 72.1 cm³/mol. The van der Waals surface area contributed by atoms with Crippen molar-refractivity contribution >= 4 is 11.6 Å². The number of nitrogens with zero attached hydrogens (tertiary/aromatic N) is 1. The van der Waals surface area contributed by atoms with Crippen LogP contribution in [0.5, 0.6) is 0 Å². The van der Waals surface area contributed by atoms with Gasteiger partial charge in [0, 0.05) is 24.3 Å². The van der Waals surface area contributed by atoms with E-state index in [0.29, 0.717) is 0 Å².